The van der Waals surface area contributed by atoms with E-state index in [2.05, 4.69) is 0 Å². The number of hydrogen-bond acceptors (Lipinski definition) is 4. The van der Waals surface area contributed by atoms with Crippen molar-refractivity contribution in [2.24, 2.45) is 5.41 Å². The van der Waals surface area contributed by atoms with Gasteiger partial charge in [-0.15, -0.1) is 0 Å². The summed E-state index contributed by atoms with van der Waals surface area (Å²) in [6.07, 6.45) is 3.20. The Bertz CT molecular complexity index is 773. The average molecular weight is 343 g/mol. The van der Waals surface area contributed by atoms with E-state index in [1.54, 1.807) is 7.11 Å². The lowest BCUT2D eigenvalue weighted by Gasteiger charge is -2.38. The van der Waals surface area contributed by atoms with Gasteiger partial charge in [-0.05, 0) is 37.7 Å². The number of benzene rings is 1. The highest BCUT2D eigenvalue weighted by molar-refractivity contribution is 5.98. The smallest absolute Gasteiger partial charge is 0.289 e. The molecule has 4 rings (SSSR count). The minimum absolute atomic E-state index is 0.0101. The van der Waals surface area contributed by atoms with Crippen LogP contribution in [0.25, 0.3) is 11.0 Å². The van der Waals surface area contributed by atoms with E-state index >= 15 is 0 Å². The third-order valence-electron chi connectivity index (χ3n) is 5.79. The van der Waals surface area contributed by atoms with Gasteiger partial charge in [0.2, 0.25) is 0 Å². The lowest BCUT2D eigenvalue weighted by atomic mass is 9.76. The van der Waals surface area contributed by atoms with Crippen LogP contribution in [0.3, 0.4) is 0 Å². The molecule has 1 spiro atoms. The summed E-state index contributed by atoms with van der Waals surface area (Å²) >= 11 is 0. The zero-order valence-electron chi connectivity index (χ0n) is 14.9. The molecule has 0 bridgehead atoms. The van der Waals surface area contributed by atoms with Crippen molar-refractivity contribution in [3.8, 4) is 0 Å². The SMILES string of the molecule is COC[C@H]1CC2(CCN(C(=O)c3oc4ccccc4c3C)CC2)CO1. The first-order valence-corrected chi connectivity index (χ1v) is 9.00. The predicted molar refractivity (Wildman–Crippen MR) is 94.8 cm³/mol. The summed E-state index contributed by atoms with van der Waals surface area (Å²) in [6.45, 7) is 4.93. The van der Waals surface area contributed by atoms with Crippen molar-refractivity contribution in [2.45, 2.75) is 32.3 Å². The Kier molecular flexibility index (Phi) is 4.29. The molecule has 5 nitrogen and oxygen atoms in total. The maximum Gasteiger partial charge on any atom is 0.289 e. The predicted octanol–water partition coefficient (Wildman–Crippen LogP) is 3.40. The van der Waals surface area contributed by atoms with Gasteiger partial charge in [0.25, 0.3) is 5.91 Å². The molecule has 0 saturated carbocycles. The average Bonchev–Trinajstić information content (AvgIpc) is 3.17. The van der Waals surface area contributed by atoms with Crippen LogP contribution in [-0.2, 0) is 9.47 Å². The quantitative estimate of drug-likeness (QED) is 0.857. The van der Waals surface area contributed by atoms with E-state index in [1.807, 2.05) is 36.1 Å². The van der Waals surface area contributed by atoms with Gasteiger partial charge in [-0.25, -0.2) is 0 Å². The number of carbonyl (C=O) groups excluding carboxylic acids is 1. The Balaban J connectivity index is 1.45. The molecule has 5 heteroatoms. The van der Waals surface area contributed by atoms with Gasteiger partial charge in [0.1, 0.15) is 5.58 Å². The summed E-state index contributed by atoms with van der Waals surface area (Å²) in [6, 6.07) is 7.82. The number of likely N-dealkylation sites (tertiary alicyclic amines) is 1. The lowest BCUT2D eigenvalue weighted by Crippen LogP contribution is -2.43. The number of hydrogen-bond donors (Lipinski definition) is 0. The maximum atomic E-state index is 12.9. The molecule has 2 aliphatic heterocycles. The Labute approximate surface area is 147 Å². The molecule has 25 heavy (non-hydrogen) atoms. The fraction of sp³-hybridized carbons (Fsp3) is 0.550. The highest BCUT2D eigenvalue weighted by atomic mass is 16.5. The van der Waals surface area contributed by atoms with E-state index in [0.29, 0.717) is 12.4 Å². The van der Waals surface area contributed by atoms with Crippen molar-refractivity contribution in [3.05, 3.63) is 35.6 Å². The van der Waals surface area contributed by atoms with Gasteiger partial charge in [0.15, 0.2) is 5.76 Å². The number of furan rings is 1. The number of piperidine rings is 1. The molecule has 2 fully saturated rings. The summed E-state index contributed by atoms with van der Waals surface area (Å²) in [5.74, 6) is 0.494. The van der Waals surface area contributed by atoms with Crippen LogP contribution in [0.5, 0.6) is 0 Å². The number of ether oxygens (including phenoxy) is 2. The molecule has 0 N–H and O–H groups in total. The summed E-state index contributed by atoms with van der Waals surface area (Å²) in [5, 5.41) is 1.02. The van der Waals surface area contributed by atoms with Crippen molar-refractivity contribution < 1.29 is 18.7 Å². The second-order valence-corrected chi connectivity index (χ2v) is 7.44. The monoisotopic (exact) mass is 343 g/mol. The second-order valence-electron chi connectivity index (χ2n) is 7.44. The van der Waals surface area contributed by atoms with Gasteiger partial charge in [-0.1, -0.05) is 18.2 Å². The first-order valence-electron chi connectivity index (χ1n) is 9.00. The standard InChI is InChI=1S/C20H25NO4/c1-14-16-5-3-4-6-17(16)25-18(14)19(22)21-9-7-20(8-10-21)11-15(12-23-2)24-13-20/h3-6,15H,7-13H2,1-2H3/t15-/m1/s1. The van der Waals surface area contributed by atoms with Crippen molar-refractivity contribution in [1.82, 2.24) is 4.90 Å². The topological polar surface area (TPSA) is 51.9 Å². The van der Waals surface area contributed by atoms with Crippen LogP contribution in [0.15, 0.2) is 28.7 Å². The Hall–Kier alpha value is -1.85. The number of carbonyl (C=O) groups is 1. The molecule has 0 unspecified atom stereocenters. The van der Waals surface area contributed by atoms with Crippen molar-refractivity contribution >= 4 is 16.9 Å². The number of fused-ring (bicyclic) bond motifs is 1. The Morgan fingerprint density at radius 1 is 1.32 bits per heavy atom. The molecular weight excluding hydrogens is 318 g/mol. The van der Waals surface area contributed by atoms with Crippen LogP contribution in [0.2, 0.25) is 0 Å². The number of amides is 1. The van der Waals surface area contributed by atoms with E-state index in [1.165, 1.54) is 0 Å². The van der Waals surface area contributed by atoms with Crippen LogP contribution in [0, 0.1) is 12.3 Å². The van der Waals surface area contributed by atoms with Gasteiger partial charge in [-0.2, -0.15) is 0 Å². The third-order valence-corrected chi connectivity index (χ3v) is 5.79. The normalized spacial score (nSPS) is 22.8. The minimum atomic E-state index is 0.0101. The summed E-state index contributed by atoms with van der Waals surface area (Å²) in [5.41, 5.74) is 1.93. The number of aryl methyl sites for hydroxylation is 1. The van der Waals surface area contributed by atoms with Gasteiger partial charge in [0.05, 0.1) is 19.3 Å². The third kappa shape index (κ3) is 2.96. The Morgan fingerprint density at radius 2 is 2.08 bits per heavy atom. The zero-order valence-corrected chi connectivity index (χ0v) is 14.9. The van der Waals surface area contributed by atoms with Crippen LogP contribution >= 0.6 is 0 Å². The number of methoxy groups -OCH3 is 1. The highest BCUT2D eigenvalue weighted by Gasteiger charge is 2.43. The van der Waals surface area contributed by atoms with Crippen molar-refractivity contribution in [3.63, 3.8) is 0 Å². The molecule has 1 atom stereocenters. The largest absolute Gasteiger partial charge is 0.451 e. The summed E-state index contributed by atoms with van der Waals surface area (Å²) in [7, 11) is 1.71. The van der Waals surface area contributed by atoms with E-state index in [9.17, 15) is 4.79 Å². The van der Waals surface area contributed by atoms with Crippen LogP contribution in [0.4, 0.5) is 0 Å². The van der Waals surface area contributed by atoms with E-state index < -0.39 is 0 Å². The first kappa shape index (κ1) is 16.6. The fourth-order valence-electron chi connectivity index (χ4n) is 4.24. The minimum Gasteiger partial charge on any atom is -0.451 e. The molecule has 1 aromatic heterocycles. The van der Waals surface area contributed by atoms with Gasteiger partial charge >= 0.3 is 0 Å². The number of para-hydroxylation sites is 1. The maximum absolute atomic E-state index is 12.9. The van der Waals surface area contributed by atoms with Gasteiger partial charge in [-0.3, -0.25) is 4.79 Å². The van der Waals surface area contributed by atoms with E-state index in [4.69, 9.17) is 13.9 Å². The van der Waals surface area contributed by atoms with Crippen LogP contribution in [0.1, 0.15) is 35.4 Å². The fourth-order valence-corrected chi connectivity index (χ4v) is 4.24. The van der Waals surface area contributed by atoms with Gasteiger partial charge in [0, 0.05) is 31.1 Å². The molecule has 2 saturated heterocycles. The number of rotatable bonds is 3. The number of nitrogens with zero attached hydrogens (tertiary/aromatic N) is 1. The van der Waals surface area contributed by atoms with Crippen LogP contribution < -0.4 is 0 Å². The van der Waals surface area contributed by atoms with E-state index in [-0.39, 0.29) is 17.4 Å². The zero-order chi connectivity index (χ0) is 17.4. The molecule has 0 radical (unpaired) electrons. The molecule has 2 aliphatic rings. The first-order chi connectivity index (χ1) is 12.1. The molecular formula is C20H25NO4. The molecule has 2 aromatic rings. The van der Waals surface area contributed by atoms with Crippen LogP contribution in [-0.4, -0.2) is 50.3 Å². The summed E-state index contributed by atoms with van der Waals surface area (Å²) < 4.78 is 16.9. The van der Waals surface area contributed by atoms with Crippen molar-refractivity contribution in [2.75, 3.05) is 33.4 Å². The molecule has 1 aromatic carbocycles. The molecule has 3 heterocycles. The lowest BCUT2D eigenvalue weighted by molar-refractivity contribution is 0.0277. The molecule has 134 valence electrons. The summed E-state index contributed by atoms with van der Waals surface area (Å²) in [4.78, 5) is 14.9. The molecule has 0 aliphatic carbocycles. The van der Waals surface area contributed by atoms with Gasteiger partial charge < -0.3 is 18.8 Å². The van der Waals surface area contributed by atoms with Crippen molar-refractivity contribution in [1.29, 1.82) is 0 Å². The van der Waals surface area contributed by atoms with E-state index in [0.717, 1.165) is 55.5 Å². The Morgan fingerprint density at radius 3 is 2.80 bits per heavy atom. The molecule has 1 amide bonds. The second kappa shape index (κ2) is 6.46. The highest BCUT2D eigenvalue weighted by Crippen LogP contribution is 2.42.